The molecule has 1 aromatic carbocycles. The van der Waals surface area contributed by atoms with Gasteiger partial charge in [-0.05, 0) is 30.5 Å². The number of hydrogen-bond acceptors (Lipinski definition) is 1. The Morgan fingerprint density at radius 2 is 1.73 bits per heavy atom. The van der Waals surface area contributed by atoms with Crippen molar-refractivity contribution in [1.29, 1.82) is 0 Å². The summed E-state index contributed by atoms with van der Waals surface area (Å²) >= 11 is 2.32. The first-order chi connectivity index (χ1) is 5.15. The molecule has 0 aromatic heterocycles. The van der Waals surface area contributed by atoms with Gasteiger partial charge in [0.25, 0.3) is 0 Å². The minimum absolute atomic E-state index is 0.429. The fraction of sp³-hybridized carbons (Fsp3) is 0.333. The molecule has 0 bridgehead atoms. The standard InChI is InChI=1S/C9H11IO/c1-6-3-8(5-10)4-7(2)9(6)11/h3-4,11H,5H2,1-2H3. The Bertz CT molecular complexity index is 245. The van der Waals surface area contributed by atoms with E-state index in [0.29, 0.717) is 5.75 Å². The molecule has 2 heteroatoms. The largest absolute Gasteiger partial charge is 0.507 e. The van der Waals surface area contributed by atoms with Crippen molar-refractivity contribution in [2.24, 2.45) is 0 Å². The fourth-order valence-corrected chi connectivity index (χ4v) is 1.56. The summed E-state index contributed by atoms with van der Waals surface area (Å²) in [6.07, 6.45) is 0. The van der Waals surface area contributed by atoms with Gasteiger partial charge in [-0.2, -0.15) is 0 Å². The average molecular weight is 262 g/mol. The first-order valence-corrected chi connectivity index (χ1v) is 5.02. The Morgan fingerprint density at radius 3 is 2.09 bits per heavy atom. The van der Waals surface area contributed by atoms with Crippen LogP contribution in [0.25, 0.3) is 0 Å². The van der Waals surface area contributed by atoms with E-state index >= 15 is 0 Å². The van der Waals surface area contributed by atoms with E-state index in [0.717, 1.165) is 15.6 Å². The Morgan fingerprint density at radius 1 is 1.27 bits per heavy atom. The maximum atomic E-state index is 9.42. The highest BCUT2D eigenvalue weighted by atomic mass is 127. The highest BCUT2D eigenvalue weighted by Crippen LogP contribution is 2.23. The average Bonchev–Trinajstić information content (AvgIpc) is 1.99. The minimum atomic E-state index is 0.429. The molecule has 0 aliphatic carbocycles. The van der Waals surface area contributed by atoms with Gasteiger partial charge in [0, 0.05) is 4.43 Å². The van der Waals surface area contributed by atoms with Crippen molar-refractivity contribution in [2.75, 3.05) is 0 Å². The number of phenols is 1. The molecular formula is C9H11IO. The summed E-state index contributed by atoms with van der Waals surface area (Å²) in [6.45, 7) is 3.86. The van der Waals surface area contributed by atoms with Crippen molar-refractivity contribution >= 4 is 22.6 Å². The lowest BCUT2D eigenvalue weighted by molar-refractivity contribution is 0.466. The molecule has 0 atom stereocenters. The van der Waals surface area contributed by atoms with Crippen LogP contribution < -0.4 is 0 Å². The van der Waals surface area contributed by atoms with Gasteiger partial charge >= 0.3 is 0 Å². The van der Waals surface area contributed by atoms with Gasteiger partial charge in [0.1, 0.15) is 5.75 Å². The molecule has 0 saturated carbocycles. The Balaban J connectivity index is 3.21. The summed E-state index contributed by atoms with van der Waals surface area (Å²) in [5.74, 6) is 0.429. The summed E-state index contributed by atoms with van der Waals surface area (Å²) < 4.78 is 1.000. The third kappa shape index (κ3) is 1.86. The van der Waals surface area contributed by atoms with Crippen molar-refractivity contribution in [3.8, 4) is 5.75 Å². The molecular weight excluding hydrogens is 251 g/mol. The number of benzene rings is 1. The van der Waals surface area contributed by atoms with E-state index in [1.807, 2.05) is 26.0 Å². The first-order valence-electron chi connectivity index (χ1n) is 3.50. The minimum Gasteiger partial charge on any atom is -0.507 e. The Kier molecular flexibility index (Phi) is 2.76. The Labute approximate surface area is 80.6 Å². The van der Waals surface area contributed by atoms with Gasteiger partial charge in [-0.1, -0.05) is 34.7 Å². The monoisotopic (exact) mass is 262 g/mol. The number of rotatable bonds is 1. The molecule has 1 N–H and O–H groups in total. The van der Waals surface area contributed by atoms with E-state index in [1.165, 1.54) is 5.56 Å². The highest BCUT2D eigenvalue weighted by molar-refractivity contribution is 14.1. The van der Waals surface area contributed by atoms with E-state index in [4.69, 9.17) is 0 Å². The second kappa shape index (κ2) is 3.43. The third-order valence-electron chi connectivity index (χ3n) is 1.71. The molecule has 0 radical (unpaired) electrons. The number of aryl methyl sites for hydroxylation is 2. The lowest BCUT2D eigenvalue weighted by Gasteiger charge is -2.04. The quantitative estimate of drug-likeness (QED) is 0.609. The number of alkyl halides is 1. The summed E-state index contributed by atoms with van der Waals surface area (Å²) in [7, 11) is 0. The third-order valence-corrected chi connectivity index (χ3v) is 2.59. The summed E-state index contributed by atoms with van der Waals surface area (Å²) in [4.78, 5) is 0. The van der Waals surface area contributed by atoms with Crippen LogP contribution in [0, 0.1) is 13.8 Å². The zero-order chi connectivity index (χ0) is 8.43. The number of halogens is 1. The topological polar surface area (TPSA) is 20.2 Å². The summed E-state index contributed by atoms with van der Waals surface area (Å²) in [5.41, 5.74) is 3.21. The second-order valence-electron chi connectivity index (χ2n) is 2.71. The molecule has 0 fully saturated rings. The first kappa shape index (κ1) is 8.84. The molecule has 60 valence electrons. The lowest BCUT2D eigenvalue weighted by atomic mass is 10.1. The van der Waals surface area contributed by atoms with E-state index in [1.54, 1.807) is 0 Å². The van der Waals surface area contributed by atoms with E-state index in [-0.39, 0.29) is 0 Å². The molecule has 1 aromatic rings. The normalized spacial score (nSPS) is 10.1. The maximum Gasteiger partial charge on any atom is 0.121 e. The lowest BCUT2D eigenvalue weighted by Crippen LogP contribution is -1.84. The van der Waals surface area contributed by atoms with Crippen LogP contribution in [-0.4, -0.2) is 5.11 Å². The van der Waals surface area contributed by atoms with E-state index < -0.39 is 0 Å². The molecule has 0 aliphatic heterocycles. The molecule has 0 saturated heterocycles. The van der Waals surface area contributed by atoms with Crippen LogP contribution in [-0.2, 0) is 4.43 Å². The fourth-order valence-electron chi connectivity index (χ4n) is 1.12. The molecule has 1 nitrogen and oxygen atoms in total. The van der Waals surface area contributed by atoms with Gasteiger partial charge in [0.05, 0.1) is 0 Å². The van der Waals surface area contributed by atoms with Crippen LogP contribution in [0.4, 0.5) is 0 Å². The number of phenolic OH excluding ortho intramolecular Hbond substituents is 1. The van der Waals surface area contributed by atoms with Crippen molar-refractivity contribution < 1.29 is 5.11 Å². The molecule has 0 amide bonds. The van der Waals surface area contributed by atoms with Crippen LogP contribution >= 0.6 is 22.6 Å². The van der Waals surface area contributed by atoms with E-state index in [9.17, 15) is 5.11 Å². The van der Waals surface area contributed by atoms with Crippen LogP contribution in [0.15, 0.2) is 12.1 Å². The smallest absolute Gasteiger partial charge is 0.121 e. The SMILES string of the molecule is Cc1cc(CI)cc(C)c1O. The van der Waals surface area contributed by atoms with Crippen LogP contribution in [0.3, 0.4) is 0 Å². The van der Waals surface area contributed by atoms with Gasteiger partial charge in [-0.3, -0.25) is 0 Å². The zero-order valence-electron chi connectivity index (χ0n) is 6.69. The molecule has 11 heavy (non-hydrogen) atoms. The van der Waals surface area contributed by atoms with Crippen LogP contribution in [0.2, 0.25) is 0 Å². The van der Waals surface area contributed by atoms with Crippen molar-refractivity contribution in [1.82, 2.24) is 0 Å². The highest BCUT2D eigenvalue weighted by Gasteiger charge is 2.01. The molecule has 0 unspecified atom stereocenters. The van der Waals surface area contributed by atoms with Gasteiger partial charge in [0.15, 0.2) is 0 Å². The second-order valence-corrected chi connectivity index (χ2v) is 3.47. The van der Waals surface area contributed by atoms with Crippen LogP contribution in [0.1, 0.15) is 16.7 Å². The maximum absolute atomic E-state index is 9.42. The van der Waals surface area contributed by atoms with Crippen molar-refractivity contribution in [2.45, 2.75) is 18.3 Å². The van der Waals surface area contributed by atoms with Gasteiger partial charge in [0.2, 0.25) is 0 Å². The zero-order valence-corrected chi connectivity index (χ0v) is 8.84. The molecule has 0 heterocycles. The molecule has 0 spiro atoms. The van der Waals surface area contributed by atoms with Gasteiger partial charge < -0.3 is 5.11 Å². The molecule has 1 rings (SSSR count). The van der Waals surface area contributed by atoms with Crippen LogP contribution in [0.5, 0.6) is 5.75 Å². The predicted octanol–water partition coefficient (Wildman–Crippen LogP) is 2.94. The summed E-state index contributed by atoms with van der Waals surface area (Å²) in [6, 6.07) is 4.05. The molecule has 0 aliphatic rings. The number of aromatic hydroxyl groups is 1. The van der Waals surface area contributed by atoms with Gasteiger partial charge in [-0.25, -0.2) is 0 Å². The van der Waals surface area contributed by atoms with E-state index in [2.05, 4.69) is 22.6 Å². The van der Waals surface area contributed by atoms with Crippen molar-refractivity contribution in [3.05, 3.63) is 28.8 Å². The number of hydrogen-bond donors (Lipinski definition) is 1. The Hall–Kier alpha value is -0.250. The summed E-state index contributed by atoms with van der Waals surface area (Å²) in [5, 5.41) is 9.42. The predicted molar refractivity (Wildman–Crippen MR) is 55.3 cm³/mol. The van der Waals surface area contributed by atoms with Gasteiger partial charge in [-0.15, -0.1) is 0 Å². The van der Waals surface area contributed by atoms with Crippen molar-refractivity contribution in [3.63, 3.8) is 0 Å².